The minimum Gasteiger partial charge on any atom is -0.481 e. The molecule has 4 heteroatoms. The normalized spacial score (nSPS) is 11.8. The number of hydrogen-bond acceptors (Lipinski definition) is 2. The van der Waals surface area contributed by atoms with Gasteiger partial charge in [0.05, 0.1) is 0 Å². The Balaban J connectivity index is 2.02. The highest BCUT2D eigenvalue weighted by Crippen LogP contribution is 2.19. The summed E-state index contributed by atoms with van der Waals surface area (Å²) in [5, 5.41) is 2.90. The number of hydrogen-bond donors (Lipinski definition) is 1. The number of anilines is 1. The standard InChI is InChI=1S/C17H18INO2/c1-11-5-4-6-15(9-11)21-13(3)17(20)19-16-8-7-14(18)10-12(16)2/h4-10,13H,1-3H3,(H,19,20)/t13-/m1/s1. The molecule has 0 aliphatic rings. The van der Waals surface area contributed by atoms with E-state index in [2.05, 4.69) is 27.9 Å². The summed E-state index contributed by atoms with van der Waals surface area (Å²) in [7, 11) is 0. The van der Waals surface area contributed by atoms with E-state index in [9.17, 15) is 4.79 Å². The fourth-order valence-corrected chi connectivity index (χ4v) is 2.59. The summed E-state index contributed by atoms with van der Waals surface area (Å²) in [5.41, 5.74) is 2.96. The van der Waals surface area contributed by atoms with Crippen molar-refractivity contribution >= 4 is 34.2 Å². The van der Waals surface area contributed by atoms with Gasteiger partial charge >= 0.3 is 0 Å². The van der Waals surface area contributed by atoms with Gasteiger partial charge in [0.25, 0.3) is 5.91 Å². The number of halogens is 1. The molecule has 110 valence electrons. The molecule has 2 aromatic rings. The summed E-state index contributed by atoms with van der Waals surface area (Å²) < 4.78 is 6.82. The van der Waals surface area contributed by atoms with E-state index in [1.54, 1.807) is 6.92 Å². The summed E-state index contributed by atoms with van der Waals surface area (Å²) in [6.07, 6.45) is -0.550. The van der Waals surface area contributed by atoms with Gasteiger partial charge in [0.15, 0.2) is 6.10 Å². The number of aryl methyl sites for hydroxylation is 2. The Morgan fingerprint density at radius 1 is 1.19 bits per heavy atom. The predicted molar refractivity (Wildman–Crippen MR) is 93.8 cm³/mol. The molecule has 0 heterocycles. The van der Waals surface area contributed by atoms with E-state index in [1.165, 1.54) is 0 Å². The van der Waals surface area contributed by atoms with Crippen LogP contribution < -0.4 is 10.1 Å². The topological polar surface area (TPSA) is 38.3 Å². The quantitative estimate of drug-likeness (QED) is 0.784. The number of benzene rings is 2. The van der Waals surface area contributed by atoms with Crippen LogP contribution in [0.15, 0.2) is 42.5 Å². The van der Waals surface area contributed by atoms with Gasteiger partial charge < -0.3 is 10.1 Å². The van der Waals surface area contributed by atoms with Crippen molar-refractivity contribution in [3.05, 3.63) is 57.2 Å². The number of ether oxygens (including phenoxy) is 1. The lowest BCUT2D eigenvalue weighted by Gasteiger charge is -2.16. The third-order valence-corrected chi connectivity index (χ3v) is 3.79. The average molecular weight is 395 g/mol. The molecule has 0 spiro atoms. The molecule has 2 rings (SSSR count). The Labute approximate surface area is 138 Å². The first-order valence-electron chi connectivity index (χ1n) is 6.76. The lowest BCUT2D eigenvalue weighted by atomic mass is 10.2. The minimum absolute atomic E-state index is 0.152. The molecule has 0 saturated carbocycles. The summed E-state index contributed by atoms with van der Waals surface area (Å²) in [6.45, 7) is 5.72. The molecule has 3 nitrogen and oxygen atoms in total. The average Bonchev–Trinajstić information content (AvgIpc) is 2.41. The second-order valence-electron chi connectivity index (χ2n) is 5.03. The Morgan fingerprint density at radius 3 is 2.62 bits per heavy atom. The van der Waals surface area contributed by atoms with Gasteiger partial charge in [-0.1, -0.05) is 12.1 Å². The lowest BCUT2D eigenvalue weighted by Crippen LogP contribution is -2.30. The van der Waals surface area contributed by atoms with Crippen molar-refractivity contribution in [1.82, 2.24) is 0 Å². The smallest absolute Gasteiger partial charge is 0.265 e. The van der Waals surface area contributed by atoms with Crippen LogP contribution in [0.5, 0.6) is 5.75 Å². The second kappa shape index (κ2) is 6.93. The zero-order valence-electron chi connectivity index (χ0n) is 12.3. The molecule has 1 atom stereocenters. The van der Waals surface area contributed by atoms with Crippen LogP contribution in [0.1, 0.15) is 18.1 Å². The van der Waals surface area contributed by atoms with Crippen molar-refractivity contribution in [2.24, 2.45) is 0 Å². The first-order valence-corrected chi connectivity index (χ1v) is 7.84. The summed E-state index contributed by atoms with van der Waals surface area (Å²) in [5.74, 6) is 0.554. The van der Waals surface area contributed by atoms with Gasteiger partial charge in [-0.2, -0.15) is 0 Å². The summed E-state index contributed by atoms with van der Waals surface area (Å²) >= 11 is 2.25. The van der Waals surface area contributed by atoms with Crippen molar-refractivity contribution in [3.8, 4) is 5.75 Å². The minimum atomic E-state index is -0.550. The van der Waals surface area contributed by atoms with Crippen LogP contribution in [0.4, 0.5) is 5.69 Å². The molecule has 0 radical (unpaired) electrons. The maximum absolute atomic E-state index is 12.2. The Bertz CT molecular complexity index is 655. The molecule has 1 amide bonds. The third-order valence-electron chi connectivity index (χ3n) is 3.12. The molecule has 0 aliphatic heterocycles. The van der Waals surface area contributed by atoms with Crippen LogP contribution in [0, 0.1) is 17.4 Å². The molecular formula is C17H18INO2. The fourth-order valence-electron chi connectivity index (χ4n) is 1.95. The van der Waals surface area contributed by atoms with Crippen molar-refractivity contribution < 1.29 is 9.53 Å². The number of amides is 1. The second-order valence-corrected chi connectivity index (χ2v) is 6.27. The van der Waals surface area contributed by atoms with Crippen LogP contribution >= 0.6 is 22.6 Å². The van der Waals surface area contributed by atoms with Gasteiger partial charge in [0.2, 0.25) is 0 Å². The lowest BCUT2D eigenvalue weighted by molar-refractivity contribution is -0.122. The van der Waals surface area contributed by atoms with Crippen LogP contribution in [0.3, 0.4) is 0 Å². The van der Waals surface area contributed by atoms with Crippen LogP contribution in [-0.4, -0.2) is 12.0 Å². The molecule has 0 aromatic heterocycles. The molecule has 2 aromatic carbocycles. The number of carbonyl (C=O) groups excluding carboxylic acids is 1. The van der Waals surface area contributed by atoms with E-state index in [-0.39, 0.29) is 5.91 Å². The maximum Gasteiger partial charge on any atom is 0.265 e. The summed E-state index contributed by atoms with van der Waals surface area (Å²) in [4.78, 5) is 12.2. The van der Waals surface area contributed by atoms with Crippen molar-refractivity contribution in [3.63, 3.8) is 0 Å². The third kappa shape index (κ3) is 4.46. The SMILES string of the molecule is Cc1cccc(O[C@H](C)C(=O)Nc2ccc(I)cc2C)c1. The zero-order valence-corrected chi connectivity index (χ0v) is 14.5. The van der Waals surface area contributed by atoms with Crippen molar-refractivity contribution in [2.75, 3.05) is 5.32 Å². The molecule has 0 unspecified atom stereocenters. The largest absolute Gasteiger partial charge is 0.481 e. The number of rotatable bonds is 4. The van der Waals surface area contributed by atoms with E-state index in [0.29, 0.717) is 5.75 Å². The Kier molecular flexibility index (Phi) is 5.22. The van der Waals surface area contributed by atoms with Crippen molar-refractivity contribution in [1.29, 1.82) is 0 Å². The van der Waals surface area contributed by atoms with E-state index >= 15 is 0 Å². The summed E-state index contributed by atoms with van der Waals surface area (Å²) in [6, 6.07) is 13.6. The van der Waals surface area contributed by atoms with Gasteiger partial charge in [0, 0.05) is 9.26 Å². The van der Waals surface area contributed by atoms with Crippen molar-refractivity contribution in [2.45, 2.75) is 26.9 Å². The Hall–Kier alpha value is -1.56. The van der Waals surface area contributed by atoms with Gasteiger partial charge in [-0.05, 0) is 84.8 Å². The number of nitrogens with one attached hydrogen (secondary N) is 1. The van der Waals surface area contributed by atoms with E-state index < -0.39 is 6.10 Å². The first-order chi connectivity index (χ1) is 9.95. The maximum atomic E-state index is 12.2. The van der Waals surface area contributed by atoms with E-state index in [0.717, 1.165) is 20.4 Å². The molecule has 0 aliphatic carbocycles. The van der Waals surface area contributed by atoms with Crippen LogP contribution in [0.25, 0.3) is 0 Å². The highest BCUT2D eigenvalue weighted by molar-refractivity contribution is 14.1. The molecule has 0 saturated heterocycles. The molecule has 0 bridgehead atoms. The predicted octanol–water partition coefficient (Wildman–Crippen LogP) is 4.31. The van der Waals surface area contributed by atoms with Crippen LogP contribution in [0.2, 0.25) is 0 Å². The van der Waals surface area contributed by atoms with Gasteiger partial charge in [-0.3, -0.25) is 4.79 Å². The van der Waals surface area contributed by atoms with Gasteiger partial charge in [-0.15, -0.1) is 0 Å². The highest BCUT2D eigenvalue weighted by atomic mass is 127. The molecule has 1 N–H and O–H groups in total. The number of carbonyl (C=O) groups is 1. The Morgan fingerprint density at radius 2 is 1.95 bits per heavy atom. The van der Waals surface area contributed by atoms with E-state index in [4.69, 9.17) is 4.74 Å². The van der Waals surface area contributed by atoms with E-state index in [1.807, 2.05) is 56.3 Å². The monoisotopic (exact) mass is 395 g/mol. The zero-order chi connectivity index (χ0) is 15.4. The molecule has 21 heavy (non-hydrogen) atoms. The highest BCUT2D eigenvalue weighted by Gasteiger charge is 2.15. The first kappa shape index (κ1) is 15.8. The molecule has 0 fully saturated rings. The van der Waals surface area contributed by atoms with Crippen LogP contribution in [-0.2, 0) is 4.79 Å². The molecular weight excluding hydrogens is 377 g/mol. The fraction of sp³-hybridized carbons (Fsp3) is 0.235. The van der Waals surface area contributed by atoms with Gasteiger partial charge in [-0.25, -0.2) is 0 Å². The van der Waals surface area contributed by atoms with Gasteiger partial charge in [0.1, 0.15) is 5.75 Å².